The van der Waals surface area contributed by atoms with Gasteiger partial charge >= 0.3 is 0 Å². The number of pyridine rings is 2. The third-order valence-corrected chi connectivity index (χ3v) is 4.86. The van der Waals surface area contributed by atoms with Gasteiger partial charge in [-0.3, -0.25) is 9.78 Å². The molecule has 4 N–H and O–H groups in total. The monoisotopic (exact) mass is 422 g/mol. The Labute approximate surface area is 178 Å². The molecule has 2 atom stereocenters. The number of hydrogen-bond acceptors (Lipinski definition) is 10. The van der Waals surface area contributed by atoms with Crippen molar-refractivity contribution in [3.05, 3.63) is 53.9 Å². The Kier molecular flexibility index (Phi) is 5.69. The quantitative estimate of drug-likeness (QED) is 0.614. The summed E-state index contributed by atoms with van der Waals surface area (Å²) in [5.41, 5.74) is 14.2. The van der Waals surface area contributed by atoms with Crippen molar-refractivity contribution < 1.29 is 14.3 Å². The minimum Gasteiger partial charge on any atom is -0.481 e. The molecule has 11 nitrogen and oxygen atoms in total. The Hall–Kier alpha value is -3.70. The van der Waals surface area contributed by atoms with Gasteiger partial charge in [-0.2, -0.15) is 9.97 Å². The van der Waals surface area contributed by atoms with Gasteiger partial charge in [0.1, 0.15) is 12.0 Å². The van der Waals surface area contributed by atoms with E-state index in [0.717, 1.165) is 11.1 Å². The maximum absolute atomic E-state index is 13.4. The van der Waals surface area contributed by atoms with E-state index in [4.69, 9.17) is 20.9 Å². The molecule has 0 aliphatic carbocycles. The maximum Gasteiger partial charge on any atom is 0.293 e. The Morgan fingerprint density at radius 1 is 1.19 bits per heavy atom. The molecule has 1 saturated heterocycles. The fourth-order valence-electron chi connectivity index (χ4n) is 3.51. The lowest BCUT2D eigenvalue weighted by molar-refractivity contribution is -0.0356. The van der Waals surface area contributed by atoms with E-state index in [1.54, 1.807) is 38.6 Å². The maximum atomic E-state index is 13.4. The molecular formula is C20H22N8O3. The number of hydrogen-bond donors (Lipinski definition) is 2. The molecule has 2 unspecified atom stereocenters. The molecule has 1 aliphatic heterocycles. The van der Waals surface area contributed by atoms with Crippen molar-refractivity contribution >= 4 is 11.9 Å². The molecule has 1 amide bonds. The summed E-state index contributed by atoms with van der Waals surface area (Å²) in [6, 6.07) is 6.76. The van der Waals surface area contributed by atoms with Gasteiger partial charge in [0, 0.05) is 29.6 Å². The molecule has 11 heteroatoms. The number of amides is 1. The summed E-state index contributed by atoms with van der Waals surface area (Å²) in [7, 11) is 1.55. The summed E-state index contributed by atoms with van der Waals surface area (Å²) in [6.07, 6.45) is 2.64. The number of ether oxygens (including phenoxy) is 2. The lowest BCUT2D eigenvalue weighted by atomic mass is 9.98. The Morgan fingerprint density at radius 3 is 2.74 bits per heavy atom. The molecule has 4 heterocycles. The third-order valence-electron chi connectivity index (χ3n) is 4.86. The molecule has 4 rings (SSSR count). The van der Waals surface area contributed by atoms with Crippen molar-refractivity contribution in [3.8, 4) is 17.1 Å². The van der Waals surface area contributed by atoms with Crippen LogP contribution in [0.5, 0.6) is 5.88 Å². The number of rotatable bonds is 4. The Bertz CT molecular complexity index is 1070. The first kappa shape index (κ1) is 20.6. The van der Waals surface area contributed by atoms with Gasteiger partial charge in [0.15, 0.2) is 0 Å². The van der Waals surface area contributed by atoms with Crippen molar-refractivity contribution in [2.45, 2.75) is 19.1 Å². The second-order valence-corrected chi connectivity index (χ2v) is 6.93. The SMILES string of the molecule is COc1ccc(-c2ncccc2C2COCC(N)N2C(=O)c2nc(C)nc(N)n2)cn1. The zero-order valence-electron chi connectivity index (χ0n) is 17.1. The lowest BCUT2D eigenvalue weighted by Crippen LogP contribution is -2.55. The Morgan fingerprint density at radius 2 is 2.03 bits per heavy atom. The summed E-state index contributed by atoms with van der Waals surface area (Å²) < 4.78 is 10.8. The van der Waals surface area contributed by atoms with Crippen LogP contribution in [0.25, 0.3) is 11.3 Å². The highest BCUT2D eigenvalue weighted by Gasteiger charge is 2.37. The van der Waals surface area contributed by atoms with Crippen LogP contribution in [0.4, 0.5) is 5.95 Å². The van der Waals surface area contributed by atoms with E-state index >= 15 is 0 Å². The molecule has 3 aromatic heterocycles. The van der Waals surface area contributed by atoms with Crippen LogP contribution in [-0.2, 0) is 4.74 Å². The van der Waals surface area contributed by atoms with Gasteiger partial charge in [0.25, 0.3) is 5.91 Å². The van der Waals surface area contributed by atoms with E-state index in [2.05, 4.69) is 24.9 Å². The van der Waals surface area contributed by atoms with E-state index in [1.807, 2.05) is 12.1 Å². The second-order valence-electron chi connectivity index (χ2n) is 6.93. The van der Waals surface area contributed by atoms with Crippen LogP contribution in [0.15, 0.2) is 36.7 Å². The van der Waals surface area contributed by atoms with E-state index in [1.165, 1.54) is 4.90 Å². The van der Waals surface area contributed by atoms with Gasteiger partial charge in [-0.15, -0.1) is 0 Å². The van der Waals surface area contributed by atoms with Gasteiger partial charge in [-0.25, -0.2) is 9.97 Å². The summed E-state index contributed by atoms with van der Waals surface area (Å²) in [4.78, 5) is 35.7. The number of morpholine rings is 1. The standard InChI is InChI=1S/C20H22N8O3/c1-11-25-18(27-20(22)26-11)19(29)28-14(9-31-10-15(28)21)13-4-3-7-23-17(13)12-5-6-16(30-2)24-8-12/h3-8,14-15H,9-10,21H2,1-2H3,(H2,22,25,26,27). The highest BCUT2D eigenvalue weighted by molar-refractivity contribution is 5.91. The smallest absolute Gasteiger partial charge is 0.293 e. The van der Waals surface area contributed by atoms with Crippen molar-refractivity contribution in [2.75, 3.05) is 26.1 Å². The van der Waals surface area contributed by atoms with Crippen LogP contribution in [0.1, 0.15) is 28.0 Å². The molecule has 0 radical (unpaired) electrons. The second kappa shape index (κ2) is 8.58. The number of nitrogens with zero attached hydrogens (tertiary/aromatic N) is 6. The minimum absolute atomic E-state index is 0.0272. The van der Waals surface area contributed by atoms with Crippen molar-refractivity contribution in [1.82, 2.24) is 29.8 Å². The predicted molar refractivity (Wildman–Crippen MR) is 111 cm³/mol. The van der Waals surface area contributed by atoms with Crippen molar-refractivity contribution in [1.29, 1.82) is 0 Å². The van der Waals surface area contributed by atoms with Gasteiger partial charge in [-0.1, -0.05) is 6.07 Å². The summed E-state index contributed by atoms with van der Waals surface area (Å²) in [5, 5.41) is 0. The molecule has 3 aromatic rings. The largest absolute Gasteiger partial charge is 0.481 e. The van der Waals surface area contributed by atoms with Crippen LogP contribution in [0, 0.1) is 6.92 Å². The molecule has 0 aromatic carbocycles. The topological polar surface area (TPSA) is 155 Å². The summed E-state index contributed by atoms with van der Waals surface area (Å²) in [5.74, 6) is 0.287. The fourth-order valence-corrected chi connectivity index (χ4v) is 3.51. The Balaban J connectivity index is 1.76. The summed E-state index contributed by atoms with van der Waals surface area (Å²) in [6.45, 7) is 2.06. The van der Waals surface area contributed by atoms with Gasteiger partial charge in [0.2, 0.25) is 17.7 Å². The average molecular weight is 422 g/mol. The van der Waals surface area contributed by atoms with Gasteiger partial charge in [0.05, 0.1) is 32.1 Å². The van der Waals surface area contributed by atoms with E-state index < -0.39 is 18.1 Å². The van der Waals surface area contributed by atoms with Gasteiger partial charge < -0.3 is 25.8 Å². The molecular weight excluding hydrogens is 400 g/mol. The molecule has 1 fully saturated rings. The van der Waals surface area contributed by atoms with Crippen LogP contribution in [0.3, 0.4) is 0 Å². The zero-order valence-corrected chi connectivity index (χ0v) is 17.1. The number of anilines is 1. The van der Waals surface area contributed by atoms with Crippen LogP contribution < -0.4 is 16.2 Å². The molecule has 160 valence electrons. The highest BCUT2D eigenvalue weighted by atomic mass is 16.5. The van der Waals surface area contributed by atoms with Crippen LogP contribution >= 0.6 is 0 Å². The third kappa shape index (κ3) is 4.13. The van der Waals surface area contributed by atoms with E-state index in [0.29, 0.717) is 17.4 Å². The molecule has 0 bridgehead atoms. The number of methoxy groups -OCH3 is 1. The first-order valence-electron chi connectivity index (χ1n) is 9.57. The van der Waals surface area contributed by atoms with E-state index in [9.17, 15) is 4.79 Å². The minimum atomic E-state index is -0.702. The van der Waals surface area contributed by atoms with Gasteiger partial charge in [-0.05, 0) is 19.1 Å². The number of aromatic nitrogens is 5. The normalized spacial score (nSPS) is 18.6. The predicted octanol–water partition coefficient (Wildman–Crippen LogP) is 0.726. The molecule has 31 heavy (non-hydrogen) atoms. The number of carbonyl (C=O) groups excluding carboxylic acids is 1. The van der Waals surface area contributed by atoms with Crippen molar-refractivity contribution in [3.63, 3.8) is 0 Å². The van der Waals surface area contributed by atoms with Crippen LogP contribution in [0.2, 0.25) is 0 Å². The zero-order chi connectivity index (χ0) is 22.0. The first-order chi connectivity index (χ1) is 15.0. The van der Waals surface area contributed by atoms with Crippen molar-refractivity contribution in [2.24, 2.45) is 5.73 Å². The van der Waals surface area contributed by atoms with Crippen LogP contribution in [-0.4, -0.2) is 62.2 Å². The number of carbonyl (C=O) groups is 1. The lowest BCUT2D eigenvalue weighted by Gasteiger charge is -2.40. The number of aryl methyl sites for hydroxylation is 1. The molecule has 0 saturated carbocycles. The van der Waals surface area contributed by atoms with E-state index in [-0.39, 0.29) is 25.0 Å². The highest BCUT2D eigenvalue weighted by Crippen LogP contribution is 2.33. The average Bonchev–Trinajstić information content (AvgIpc) is 2.78. The summed E-state index contributed by atoms with van der Waals surface area (Å²) >= 11 is 0. The fraction of sp³-hybridized carbons (Fsp3) is 0.300. The molecule has 0 spiro atoms. The number of nitrogens with two attached hydrogens (primary N) is 2. The number of nitrogen functional groups attached to an aromatic ring is 1. The molecule has 1 aliphatic rings. The first-order valence-corrected chi connectivity index (χ1v) is 9.57.